The molecule has 3 heterocycles. The summed E-state index contributed by atoms with van der Waals surface area (Å²) in [5.74, 6) is -0.453. The molecule has 2 aromatic rings. The SMILES string of the molecule is COc1cncc(-c2[nH]nc(NC(=O)C(C)(C)CCN3CCCCC3)c2F)c1. The molecular weight excluding hydrogens is 361 g/mol. The van der Waals surface area contributed by atoms with E-state index in [0.29, 0.717) is 17.7 Å². The van der Waals surface area contributed by atoms with Gasteiger partial charge in [0, 0.05) is 17.2 Å². The highest BCUT2D eigenvalue weighted by molar-refractivity contribution is 5.94. The molecule has 28 heavy (non-hydrogen) atoms. The number of halogens is 1. The summed E-state index contributed by atoms with van der Waals surface area (Å²) in [6.07, 6.45) is 7.46. The number of methoxy groups -OCH3 is 1. The Morgan fingerprint density at radius 3 is 2.79 bits per heavy atom. The number of H-pyrrole nitrogens is 1. The third-order valence-electron chi connectivity index (χ3n) is 5.29. The molecule has 0 unspecified atom stereocenters. The van der Waals surface area contributed by atoms with E-state index in [2.05, 4.69) is 25.4 Å². The van der Waals surface area contributed by atoms with Gasteiger partial charge in [0.1, 0.15) is 11.4 Å². The Bertz CT molecular complexity index is 815. The zero-order valence-corrected chi connectivity index (χ0v) is 16.7. The molecule has 0 spiro atoms. The van der Waals surface area contributed by atoms with Crippen LogP contribution in [0.15, 0.2) is 18.5 Å². The molecule has 0 bridgehead atoms. The van der Waals surface area contributed by atoms with Gasteiger partial charge in [-0.25, -0.2) is 4.39 Å². The van der Waals surface area contributed by atoms with Crippen LogP contribution in [0.5, 0.6) is 5.75 Å². The second-order valence-electron chi connectivity index (χ2n) is 7.86. The molecule has 0 aromatic carbocycles. The number of anilines is 1. The van der Waals surface area contributed by atoms with Gasteiger partial charge in [0.05, 0.1) is 13.3 Å². The smallest absolute Gasteiger partial charge is 0.231 e. The molecule has 1 amide bonds. The van der Waals surface area contributed by atoms with Gasteiger partial charge in [-0.2, -0.15) is 5.10 Å². The summed E-state index contributed by atoms with van der Waals surface area (Å²) in [6.45, 7) is 6.80. The summed E-state index contributed by atoms with van der Waals surface area (Å²) >= 11 is 0. The lowest BCUT2D eigenvalue weighted by atomic mass is 9.87. The minimum Gasteiger partial charge on any atom is -0.495 e. The van der Waals surface area contributed by atoms with Gasteiger partial charge in [0.2, 0.25) is 5.91 Å². The van der Waals surface area contributed by atoms with Gasteiger partial charge in [-0.15, -0.1) is 0 Å². The zero-order chi connectivity index (χ0) is 20.1. The molecule has 2 aromatic heterocycles. The molecule has 1 aliphatic rings. The number of hydrogen-bond donors (Lipinski definition) is 2. The summed E-state index contributed by atoms with van der Waals surface area (Å²) in [5, 5.41) is 9.21. The van der Waals surface area contributed by atoms with Crippen LogP contribution >= 0.6 is 0 Å². The Balaban J connectivity index is 1.65. The van der Waals surface area contributed by atoms with E-state index in [1.54, 1.807) is 6.07 Å². The fourth-order valence-electron chi connectivity index (χ4n) is 3.28. The zero-order valence-electron chi connectivity index (χ0n) is 16.7. The Morgan fingerprint density at radius 1 is 1.32 bits per heavy atom. The lowest BCUT2D eigenvalue weighted by Crippen LogP contribution is -2.37. The second-order valence-corrected chi connectivity index (χ2v) is 7.86. The fourth-order valence-corrected chi connectivity index (χ4v) is 3.28. The highest BCUT2D eigenvalue weighted by Gasteiger charge is 2.30. The molecule has 1 fully saturated rings. The van der Waals surface area contributed by atoms with Crippen molar-refractivity contribution in [1.82, 2.24) is 20.1 Å². The number of rotatable bonds is 7. The van der Waals surface area contributed by atoms with Gasteiger partial charge in [-0.05, 0) is 45.0 Å². The number of likely N-dealkylation sites (tertiary alicyclic amines) is 1. The van der Waals surface area contributed by atoms with Crippen molar-refractivity contribution in [2.75, 3.05) is 32.1 Å². The molecule has 0 atom stereocenters. The van der Waals surface area contributed by atoms with Gasteiger partial charge >= 0.3 is 0 Å². The summed E-state index contributed by atoms with van der Waals surface area (Å²) in [5.41, 5.74) is 0.0302. The summed E-state index contributed by atoms with van der Waals surface area (Å²) in [7, 11) is 1.52. The van der Waals surface area contributed by atoms with Crippen molar-refractivity contribution in [1.29, 1.82) is 0 Å². The standard InChI is InChI=1S/C20H28FN5O2/c1-20(2,7-10-26-8-5-4-6-9-26)19(27)23-18-16(21)17(24-25-18)14-11-15(28-3)13-22-12-14/h11-13H,4-10H2,1-3H3,(H2,23,24,25,27). The highest BCUT2D eigenvalue weighted by Crippen LogP contribution is 2.29. The number of amides is 1. The van der Waals surface area contributed by atoms with Gasteiger partial charge in [0.15, 0.2) is 11.6 Å². The summed E-state index contributed by atoms with van der Waals surface area (Å²) < 4.78 is 19.9. The van der Waals surface area contributed by atoms with Crippen LogP contribution in [0.2, 0.25) is 0 Å². The number of ether oxygens (including phenoxy) is 1. The van der Waals surface area contributed by atoms with E-state index in [1.807, 2.05) is 13.8 Å². The van der Waals surface area contributed by atoms with Crippen LogP contribution < -0.4 is 10.1 Å². The first-order valence-corrected chi connectivity index (χ1v) is 9.68. The maximum Gasteiger partial charge on any atom is 0.231 e. The topological polar surface area (TPSA) is 83.1 Å². The van der Waals surface area contributed by atoms with E-state index >= 15 is 0 Å². The second kappa shape index (κ2) is 8.68. The minimum absolute atomic E-state index is 0.103. The number of piperidine rings is 1. The maximum absolute atomic E-state index is 14.8. The molecule has 3 rings (SSSR count). The predicted octanol–water partition coefficient (Wildman–Crippen LogP) is 3.46. The van der Waals surface area contributed by atoms with Gasteiger partial charge in [-0.3, -0.25) is 14.9 Å². The molecular formula is C20H28FN5O2. The largest absolute Gasteiger partial charge is 0.495 e. The number of pyridine rings is 1. The molecule has 1 aliphatic heterocycles. The lowest BCUT2D eigenvalue weighted by Gasteiger charge is -2.30. The number of aromatic amines is 1. The van der Waals surface area contributed by atoms with Crippen molar-refractivity contribution in [2.45, 2.75) is 39.5 Å². The molecule has 8 heteroatoms. The van der Waals surface area contributed by atoms with Gasteiger partial charge in [-0.1, -0.05) is 20.3 Å². The van der Waals surface area contributed by atoms with Crippen LogP contribution in [-0.2, 0) is 4.79 Å². The van der Waals surface area contributed by atoms with Gasteiger partial charge in [0.25, 0.3) is 0 Å². The molecule has 0 aliphatic carbocycles. The van der Waals surface area contributed by atoms with Crippen LogP contribution in [0.3, 0.4) is 0 Å². The first-order valence-electron chi connectivity index (χ1n) is 9.68. The molecule has 0 radical (unpaired) electrons. The van der Waals surface area contributed by atoms with Crippen molar-refractivity contribution in [3.8, 4) is 17.0 Å². The van der Waals surface area contributed by atoms with Crippen molar-refractivity contribution in [2.24, 2.45) is 5.41 Å². The van der Waals surface area contributed by atoms with Gasteiger partial charge < -0.3 is 15.0 Å². The van der Waals surface area contributed by atoms with Crippen LogP contribution in [0.25, 0.3) is 11.3 Å². The normalized spacial score (nSPS) is 15.4. The highest BCUT2D eigenvalue weighted by atomic mass is 19.1. The third kappa shape index (κ3) is 4.67. The Kier molecular flexibility index (Phi) is 6.28. The van der Waals surface area contributed by atoms with E-state index < -0.39 is 11.2 Å². The average Bonchev–Trinajstić information content (AvgIpc) is 3.07. The van der Waals surface area contributed by atoms with E-state index in [9.17, 15) is 9.18 Å². The summed E-state index contributed by atoms with van der Waals surface area (Å²) in [6, 6.07) is 1.65. The molecule has 0 saturated carbocycles. The van der Waals surface area contributed by atoms with E-state index in [4.69, 9.17) is 4.74 Å². The minimum atomic E-state index is -0.624. The Hall–Kier alpha value is -2.48. The van der Waals surface area contributed by atoms with Crippen LogP contribution in [0.4, 0.5) is 10.2 Å². The fraction of sp³-hybridized carbons (Fsp3) is 0.550. The van der Waals surface area contributed by atoms with Crippen molar-refractivity contribution in [3.05, 3.63) is 24.3 Å². The number of aromatic nitrogens is 3. The first kappa shape index (κ1) is 20.3. The molecule has 2 N–H and O–H groups in total. The molecule has 152 valence electrons. The quantitative estimate of drug-likeness (QED) is 0.758. The Morgan fingerprint density at radius 2 is 2.07 bits per heavy atom. The number of hydrogen-bond acceptors (Lipinski definition) is 5. The number of nitrogens with one attached hydrogen (secondary N) is 2. The average molecular weight is 389 g/mol. The summed E-state index contributed by atoms with van der Waals surface area (Å²) in [4.78, 5) is 19.1. The monoisotopic (exact) mass is 389 g/mol. The van der Waals surface area contributed by atoms with Crippen molar-refractivity contribution < 1.29 is 13.9 Å². The lowest BCUT2D eigenvalue weighted by molar-refractivity contribution is -0.124. The molecule has 1 saturated heterocycles. The van der Waals surface area contributed by atoms with Crippen molar-refractivity contribution >= 4 is 11.7 Å². The number of carbonyl (C=O) groups is 1. The Labute approximate surface area is 164 Å². The third-order valence-corrected chi connectivity index (χ3v) is 5.29. The van der Waals surface area contributed by atoms with Crippen LogP contribution in [-0.4, -0.2) is 52.7 Å². The van der Waals surface area contributed by atoms with Crippen molar-refractivity contribution in [3.63, 3.8) is 0 Å². The van der Waals surface area contributed by atoms with Crippen LogP contribution in [0.1, 0.15) is 39.5 Å². The maximum atomic E-state index is 14.8. The number of carbonyl (C=O) groups excluding carboxylic acids is 1. The molecule has 7 nitrogen and oxygen atoms in total. The van der Waals surface area contributed by atoms with E-state index in [-0.39, 0.29) is 17.4 Å². The van der Waals surface area contributed by atoms with E-state index in [0.717, 1.165) is 19.6 Å². The van der Waals surface area contributed by atoms with E-state index in [1.165, 1.54) is 38.8 Å². The predicted molar refractivity (Wildman–Crippen MR) is 106 cm³/mol. The first-order chi connectivity index (χ1) is 13.4. The number of nitrogens with zero attached hydrogens (tertiary/aromatic N) is 3. The van der Waals surface area contributed by atoms with Crippen LogP contribution in [0, 0.1) is 11.2 Å².